The van der Waals surface area contributed by atoms with E-state index in [2.05, 4.69) is 0 Å². The fraction of sp³-hybridized carbons (Fsp3) is 0. The quantitative estimate of drug-likeness (QED) is 0.309. The van der Waals surface area contributed by atoms with Gasteiger partial charge in [-0.15, -0.1) is 0 Å². The van der Waals surface area contributed by atoms with E-state index in [0.717, 1.165) is 18.2 Å². The molecule has 11 heteroatoms. The van der Waals surface area contributed by atoms with Crippen molar-refractivity contribution < 1.29 is 63.8 Å². The summed E-state index contributed by atoms with van der Waals surface area (Å²) < 4.78 is 0. The standard InChI is InChI=1S/3C2HNO2.2Fe/c3*3-1-2(4)5;;/h3*(H,4,5);;/q;;;;+3/p-3. The third kappa shape index (κ3) is 129. The Labute approximate surface area is 116 Å². The summed E-state index contributed by atoms with van der Waals surface area (Å²) in [5.74, 6) is -5.07. The first-order valence-electron chi connectivity index (χ1n) is 2.65. The van der Waals surface area contributed by atoms with Crippen molar-refractivity contribution in [3.8, 4) is 18.2 Å². The van der Waals surface area contributed by atoms with E-state index in [4.69, 9.17) is 45.5 Å². The first-order valence-corrected chi connectivity index (χ1v) is 2.65. The van der Waals surface area contributed by atoms with Crippen molar-refractivity contribution in [1.29, 1.82) is 15.8 Å². The molecule has 0 bridgehead atoms. The number of rotatable bonds is 0. The zero-order chi connectivity index (χ0) is 12.9. The van der Waals surface area contributed by atoms with Crippen LogP contribution < -0.4 is 15.3 Å². The smallest absolute Gasteiger partial charge is 0.535 e. The average molecular weight is 322 g/mol. The third-order valence-corrected chi connectivity index (χ3v) is 0.274. The van der Waals surface area contributed by atoms with Crippen LogP contribution >= 0.6 is 0 Å². The summed E-state index contributed by atoms with van der Waals surface area (Å²) in [5, 5.41) is 48.4. The molecule has 0 aliphatic carbocycles. The van der Waals surface area contributed by atoms with Gasteiger partial charge in [0.1, 0.15) is 36.1 Å². The second kappa shape index (κ2) is 23.6. The van der Waals surface area contributed by atoms with Crippen molar-refractivity contribution in [2.45, 2.75) is 0 Å². The Hall–Kier alpha value is -2.08. The van der Waals surface area contributed by atoms with Crippen LogP contribution in [-0.4, -0.2) is 17.9 Å². The Kier molecular flexibility index (Phi) is 40.8. The van der Waals surface area contributed by atoms with Gasteiger partial charge in [0.2, 0.25) is 0 Å². The van der Waals surface area contributed by atoms with Crippen LogP contribution in [0.15, 0.2) is 0 Å². The summed E-state index contributed by atoms with van der Waals surface area (Å²) in [6.07, 6.45) is 0. The molecule has 0 unspecified atom stereocenters. The molecule has 0 N–H and O–H groups in total. The number of carboxylic acid groups (broad SMARTS) is 3. The number of carbonyl (C=O) groups excluding carboxylic acids is 3. The number of aliphatic carboxylic acids is 3. The minimum Gasteiger partial charge on any atom is -0.535 e. The Morgan fingerprint density at radius 1 is 0.706 bits per heavy atom. The van der Waals surface area contributed by atoms with Crippen molar-refractivity contribution in [2.24, 2.45) is 0 Å². The molecule has 9 nitrogen and oxygen atoms in total. The van der Waals surface area contributed by atoms with Gasteiger partial charge >= 0.3 is 17.1 Å². The van der Waals surface area contributed by atoms with Crippen LogP contribution in [0.4, 0.5) is 0 Å². The number of hydrogen-bond acceptors (Lipinski definition) is 9. The second-order valence-electron chi connectivity index (χ2n) is 1.20. The van der Waals surface area contributed by atoms with E-state index in [1.165, 1.54) is 0 Å². The van der Waals surface area contributed by atoms with Crippen molar-refractivity contribution in [2.75, 3.05) is 0 Å². The minimum absolute atomic E-state index is 0. The molecule has 0 atom stereocenters. The summed E-state index contributed by atoms with van der Waals surface area (Å²) >= 11 is 0. The molecule has 17 heavy (non-hydrogen) atoms. The number of carbonyl (C=O) groups is 3. The van der Waals surface area contributed by atoms with Crippen molar-refractivity contribution in [3.63, 3.8) is 0 Å². The summed E-state index contributed by atoms with van der Waals surface area (Å²) in [6.45, 7) is 0. The SMILES string of the molecule is N#CC(=O)[O-].N#CC(=O)[O-].N#CC(=O)[O-].[Fe+3].[Fe]. The minimum atomic E-state index is -1.69. The molecule has 0 saturated carbocycles. The maximum Gasteiger partial charge on any atom is 3.00 e. The molecule has 91 valence electrons. The van der Waals surface area contributed by atoms with Crippen LogP contribution in [0.2, 0.25) is 0 Å². The third-order valence-electron chi connectivity index (χ3n) is 0.274. The molecule has 1 radical (unpaired) electrons. The van der Waals surface area contributed by atoms with E-state index < -0.39 is 17.9 Å². The van der Waals surface area contributed by atoms with Gasteiger partial charge in [0.25, 0.3) is 0 Å². The fourth-order valence-electron chi connectivity index (χ4n) is 0. The van der Waals surface area contributed by atoms with Gasteiger partial charge < -0.3 is 29.7 Å². The van der Waals surface area contributed by atoms with Crippen molar-refractivity contribution in [3.05, 3.63) is 0 Å². The van der Waals surface area contributed by atoms with Gasteiger partial charge in [-0.1, -0.05) is 0 Å². The molecule has 0 fully saturated rings. The molecule has 0 heterocycles. The first kappa shape index (κ1) is 29.4. The van der Waals surface area contributed by atoms with E-state index >= 15 is 0 Å². The number of nitriles is 3. The number of nitrogens with zero attached hydrogens (tertiary/aromatic N) is 3. The van der Waals surface area contributed by atoms with E-state index in [0.29, 0.717) is 0 Å². The average Bonchev–Trinajstić information content (AvgIpc) is 2.19. The van der Waals surface area contributed by atoms with Crippen LogP contribution in [-0.2, 0) is 48.5 Å². The van der Waals surface area contributed by atoms with Crippen LogP contribution in [0, 0.1) is 34.0 Å². The molecule has 0 aromatic rings. The molecule has 0 aromatic heterocycles. The first-order chi connectivity index (χ1) is 6.81. The maximum absolute atomic E-state index is 8.90. The normalized spacial score (nSPS) is 4.76. The van der Waals surface area contributed by atoms with Crippen LogP contribution in [0.5, 0.6) is 0 Å². The van der Waals surface area contributed by atoms with E-state index in [9.17, 15) is 0 Å². The molecule has 0 aliphatic heterocycles. The number of carboxylic acids is 3. The Morgan fingerprint density at radius 2 is 0.765 bits per heavy atom. The Balaban J connectivity index is -0.0000000400. The summed E-state index contributed by atoms with van der Waals surface area (Å²) in [6, 6.07) is 2.50. The molecular weight excluding hydrogens is 322 g/mol. The molecule has 0 spiro atoms. The largest absolute Gasteiger partial charge is 3.00 e. The van der Waals surface area contributed by atoms with Gasteiger partial charge in [-0.3, -0.25) is 0 Å². The molecular formula is C6Fe2N3O6. The maximum atomic E-state index is 8.90. The predicted octanol–water partition coefficient (Wildman–Crippen LogP) is -5.23. The van der Waals surface area contributed by atoms with Gasteiger partial charge in [-0.05, 0) is 0 Å². The zero-order valence-corrected chi connectivity index (χ0v) is 9.71. The van der Waals surface area contributed by atoms with Gasteiger partial charge in [-0.25, -0.2) is 0 Å². The molecule has 0 rings (SSSR count). The molecule has 0 amide bonds. The Morgan fingerprint density at radius 3 is 0.765 bits per heavy atom. The molecule has 0 aromatic carbocycles. The van der Waals surface area contributed by atoms with Crippen LogP contribution in [0.3, 0.4) is 0 Å². The zero-order valence-electron chi connectivity index (χ0n) is 7.50. The van der Waals surface area contributed by atoms with E-state index in [1.807, 2.05) is 0 Å². The molecule has 0 saturated heterocycles. The van der Waals surface area contributed by atoms with Gasteiger partial charge in [0.05, 0.1) is 0 Å². The summed E-state index contributed by atoms with van der Waals surface area (Å²) in [5.41, 5.74) is 0. The summed E-state index contributed by atoms with van der Waals surface area (Å²) in [4.78, 5) is 26.7. The summed E-state index contributed by atoms with van der Waals surface area (Å²) in [7, 11) is 0. The molecule has 0 aliphatic rings. The van der Waals surface area contributed by atoms with Crippen LogP contribution in [0.25, 0.3) is 0 Å². The van der Waals surface area contributed by atoms with Crippen molar-refractivity contribution >= 4 is 17.9 Å². The van der Waals surface area contributed by atoms with E-state index in [1.54, 1.807) is 0 Å². The van der Waals surface area contributed by atoms with Crippen LogP contribution in [0.1, 0.15) is 0 Å². The topological polar surface area (TPSA) is 192 Å². The van der Waals surface area contributed by atoms with Gasteiger partial charge in [0, 0.05) is 17.1 Å². The predicted molar refractivity (Wildman–Crippen MR) is 31.9 cm³/mol. The van der Waals surface area contributed by atoms with Gasteiger partial charge in [-0.2, -0.15) is 15.8 Å². The second-order valence-corrected chi connectivity index (χ2v) is 1.20. The monoisotopic (exact) mass is 322 g/mol. The number of hydrogen-bond donors (Lipinski definition) is 0. The van der Waals surface area contributed by atoms with Crippen molar-refractivity contribution in [1.82, 2.24) is 0 Å². The fourth-order valence-corrected chi connectivity index (χ4v) is 0. The van der Waals surface area contributed by atoms with Gasteiger partial charge in [0.15, 0.2) is 0 Å². The Bertz CT molecular complexity index is 306. The van der Waals surface area contributed by atoms with E-state index in [-0.39, 0.29) is 34.1 Å².